The van der Waals surface area contributed by atoms with Crippen LogP contribution >= 0.6 is 0 Å². The first-order valence-electron chi connectivity index (χ1n) is 6.86. The van der Waals surface area contributed by atoms with E-state index in [1.165, 1.54) is 0 Å². The lowest BCUT2D eigenvalue weighted by atomic mass is 9.89. The molecule has 0 saturated carbocycles. The first-order valence-corrected chi connectivity index (χ1v) is 6.86. The fourth-order valence-corrected chi connectivity index (χ4v) is 2.76. The van der Waals surface area contributed by atoms with Crippen molar-refractivity contribution < 1.29 is 9.90 Å². The van der Waals surface area contributed by atoms with E-state index in [2.05, 4.69) is 28.7 Å². The lowest BCUT2D eigenvalue weighted by Gasteiger charge is -2.36. The lowest BCUT2D eigenvalue weighted by Crippen LogP contribution is -2.53. The average Bonchev–Trinajstić information content (AvgIpc) is 2.69. The zero-order valence-electron chi connectivity index (χ0n) is 12.1. The molecule has 0 fully saturated rings. The first-order chi connectivity index (χ1) is 8.81. The van der Waals surface area contributed by atoms with Gasteiger partial charge in [0.25, 0.3) is 0 Å². The Morgan fingerprint density at radius 1 is 1.63 bits per heavy atom. The van der Waals surface area contributed by atoms with Crippen molar-refractivity contribution in [2.24, 2.45) is 5.92 Å². The largest absolute Gasteiger partial charge is 0.480 e. The highest BCUT2D eigenvalue weighted by Gasteiger charge is 2.38. The molecule has 2 N–H and O–H groups in total. The molecule has 1 atom stereocenters. The van der Waals surface area contributed by atoms with Gasteiger partial charge in [-0.15, -0.1) is 0 Å². The van der Waals surface area contributed by atoms with Crippen LogP contribution in [-0.2, 0) is 23.3 Å². The Hall–Kier alpha value is -1.36. The second-order valence-electron chi connectivity index (χ2n) is 6.28. The van der Waals surface area contributed by atoms with Crippen LogP contribution in [0.2, 0.25) is 0 Å². The molecule has 1 aliphatic heterocycles. The lowest BCUT2D eigenvalue weighted by molar-refractivity contribution is -0.140. The molecule has 5 heteroatoms. The van der Waals surface area contributed by atoms with Crippen LogP contribution in [0.3, 0.4) is 0 Å². The molecule has 0 aromatic carbocycles. The van der Waals surface area contributed by atoms with Gasteiger partial charge in [0.15, 0.2) is 0 Å². The molecule has 2 heterocycles. The van der Waals surface area contributed by atoms with Crippen LogP contribution in [0.5, 0.6) is 0 Å². The minimum Gasteiger partial charge on any atom is -0.480 e. The van der Waals surface area contributed by atoms with Crippen molar-refractivity contribution in [1.29, 1.82) is 0 Å². The molecule has 0 radical (unpaired) electrons. The number of aryl methyl sites for hydroxylation is 1. The van der Waals surface area contributed by atoms with E-state index in [9.17, 15) is 9.90 Å². The van der Waals surface area contributed by atoms with Gasteiger partial charge >= 0.3 is 5.97 Å². The van der Waals surface area contributed by atoms with Crippen LogP contribution in [0.1, 0.15) is 45.5 Å². The van der Waals surface area contributed by atoms with Crippen LogP contribution in [0, 0.1) is 5.92 Å². The number of carbonyl (C=O) groups is 1. The highest BCUT2D eigenvalue weighted by Crippen LogP contribution is 2.30. The fourth-order valence-electron chi connectivity index (χ4n) is 2.76. The molecule has 5 nitrogen and oxygen atoms in total. The molecule has 0 bridgehead atoms. The standard InChI is InChI=1S/C14H23N3O2/c1-9(2)5-6-17-8-15-10-7-11(13(18)19)16-14(3,4)12(10)17/h8-9,11,16H,5-7H2,1-4H3,(H,18,19). The van der Waals surface area contributed by atoms with Crippen molar-refractivity contribution >= 4 is 5.97 Å². The van der Waals surface area contributed by atoms with Crippen LogP contribution in [0.4, 0.5) is 0 Å². The van der Waals surface area contributed by atoms with E-state index >= 15 is 0 Å². The number of aromatic nitrogens is 2. The number of carboxylic acid groups (broad SMARTS) is 1. The van der Waals surface area contributed by atoms with Gasteiger partial charge in [0.2, 0.25) is 0 Å². The molecule has 1 aromatic heterocycles. The third-order valence-electron chi connectivity index (χ3n) is 3.68. The monoisotopic (exact) mass is 265 g/mol. The summed E-state index contributed by atoms with van der Waals surface area (Å²) in [5.41, 5.74) is 1.69. The van der Waals surface area contributed by atoms with Gasteiger partial charge < -0.3 is 9.67 Å². The number of nitrogens with zero attached hydrogens (tertiary/aromatic N) is 2. The topological polar surface area (TPSA) is 67.2 Å². The van der Waals surface area contributed by atoms with Crippen molar-refractivity contribution in [1.82, 2.24) is 14.9 Å². The zero-order chi connectivity index (χ0) is 14.2. The number of fused-ring (bicyclic) bond motifs is 1. The van der Waals surface area contributed by atoms with Crippen molar-refractivity contribution in [3.8, 4) is 0 Å². The predicted octanol–water partition coefficient (Wildman–Crippen LogP) is 1.76. The third-order valence-corrected chi connectivity index (χ3v) is 3.68. The molecule has 0 spiro atoms. The SMILES string of the molecule is CC(C)CCn1cnc2c1C(C)(C)NC(C(=O)O)C2. The summed E-state index contributed by atoms with van der Waals surface area (Å²) in [5.74, 6) is -0.167. The van der Waals surface area contributed by atoms with Crippen LogP contribution in [0.25, 0.3) is 0 Å². The molecule has 1 unspecified atom stereocenters. The van der Waals surface area contributed by atoms with Crippen molar-refractivity contribution in [2.45, 2.75) is 58.7 Å². The Balaban J connectivity index is 2.28. The van der Waals surface area contributed by atoms with Gasteiger partial charge in [0.05, 0.1) is 23.3 Å². The van der Waals surface area contributed by atoms with Crippen molar-refractivity contribution in [2.75, 3.05) is 0 Å². The number of imidazole rings is 1. The summed E-state index contributed by atoms with van der Waals surface area (Å²) in [6.45, 7) is 9.38. The highest BCUT2D eigenvalue weighted by atomic mass is 16.4. The maximum atomic E-state index is 11.2. The maximum absolute atomic E-state index is 11.2. The van der Waals surface area contributed by atoms with Gasteiger partial charge in [-0.2, -0.15) is 0 Å². The van der Waals surface area contributed by atoms with Crippen LogP contribution in [-0.4, -0.2) is 26.7 Å². The van der Waals surface area contributed by atoms with E-state index in [0.29, 0.717) is 12.3 Å². The Labute approximate surface area is 114 Å². The molecular formula is C14H23N3O2. The summed E-state index contributed by atoms with van der Waals surface area (Å²) < 4.78 is 2.17. The van der Waals surface area contributed by atoms with Gasteiger partial charge in [-0.05, 0) is 26.2 Å². The predicted molar refractivity (Wildman–Crippen MR) is 73.0 cm³/mol. The van der Waals surface area contributed by atoms with Gasteiger partial charge in [-0.25, -0.2) is 4.98 Å². The molecule has 0 aliphatic carbocycles. The number of aliphatic carboxylic acids is 1. The maximum Gasteiger partial charge on any atom is 0.321 e. The van der Waals surface area contributed by atoms with Crippen LogP contribution in [0.15, 0.2) is 6.33 Å². The number of carboxylic acids is 1. The number of hydrogen-bond acceptors (Lipinski definition) is 3. The summed E-state index contributed by atoms with van der Waals surface area (Å²) in [4.78, 5) is 15.6. The van der Waals surface area contributed by atoms with Gasteiger partial charge in [-0.3, -0.25) is 10.1 Å². The van der Waals surface area contributed by atoms with Crippen molar-refractivity contribution in [3.63, 3.8) is 0 Å². The molecule has 19 heavy (non-hydrogen) atoms. The highest BCUT2D eigenvalue weighted by molar-refractivity contribution is 5.74. The fraction of sp³-hybridized carbons (Fsp3) is 0.714. The van der Waals surface area contributed by atoms with Gasteiger partial charge in [0, 0.05) is 13.0 Å². The second-order valence-corrected chi connectivity index (χ2v) is 6.28. The molecule has 2 rings (SSSR count). The van der Waals surface area contributed by atoms with E-state index in [1.54, 1.807) is 0 Å². The van der Waals surface area contributed by atoms with E-state index in [-0.39, 0.29) is 5.54 Å². The minimum atomic E-state index is -0.810. The quantitative estimate of drug-likeness (QED) is 0.870. The summed E-state index contributed by atoms with van der Waals surface area (Å²) in [7, 11) is 0. The average molecular weight is 265 g/mol. The van der Waals surface area contributed by atoms with E-state index in [4.69, 9.17) is 0 Å². The van der Waals surface area contributed by atoms with Crippen LogP contribution < -0.4 is 5.32 Å². The van der Waals surface area contributed by atoms with E-state index in [0.717, 1.165) is 24.4 Å². The second kappa shape index (κ2) is 4.96. The minimum absolute atomic E-state index is 0.357. The summed E-state index contributed by atoms with van der Waals surface area (Å²) in [6.07, 6.45) is 3.41. The molecule has 106 valence electrons. The van der Waals surface area contributed by atoms with E-state index in [1.807, 2.05) is 20.2 Å². The number of hydrogen-bond donors (Lipinski definition) is 2. The molecular weight excluding hydrogens is 242 g/mol. The first kappa shape index (κ1) is 14.1. The smallest absolute Gasteiger partial charge is 0.321 e. The summed E-state index contributed by atoms with van der Waals surface area (Å²) in [5, 5.41) is 12.4. The van der Waals surface area contributed by atoms with E-state index < -0.39 is 12.0 Å². The Morgan fingerprint density at radius 3 is 2.89 bits per heavy atom. The molecule has 0 amide bonds. The summed E-state index contributed by atoms with van der Waals surface area (Å²) >= 11 is 0. The number of nitrogens with one attached hydrogen (secondary N) is 1. The van der Waals surface area contributed by atoms with Gasteiger partial charge in [-0.1, -0.05) is 13.8 Å². The Bertz CT molecular complexity index is 477. The van der Waals surface area contributed by atoms with Crippen molar-refractivity contribution in [3.05, 3.63) is 17.7 Å². The Morgan fingerprint density at radius 2 is 2.32 bits per heavy atom. The summed E-state index contributed by atoms with van der Waals surface area (Å²) in [6, 6.07) is -0.545. The molecule has 1 aliphatic rings. The van der Waals surface area contributed by atoms with Gasteiger partial charge in [0.1, 0.15) is 6.04 Å². The zero-order valence-corrected chi connectivity index (χ0v) is 12.1. The molecule has 1 aromatic rings. The Kier molecular flexibility index (Phi) is 3.67. The normalized spacial score (nSPS) is 21.4. The number of rotatable bonds is 4. The molecule has 0 saturated heterocycles. The third kappa shape index (κ3) is 2.81.